The van der Waals surface area contributed by atoms with Crippen LogP contribution in [0.1, 0.15) is 46.0 Å². The molecule has 0 aromatic carbocycles. The number of carbonyl (C=O) groups excluding carboxylic acids is 1. The Kier molecular flexibility index (Phi) is 4.22. The predicted molar refractivity (Wildman–Crippen MR) is 73.6 cm³/mol. The van der Waals surface area contributed by atoms with E-state index in [1.807, 2.05) is 13.8 Å². The first-order valence-electron chi connectivity index (χ1n) is 7.34. The molecule has 0 radical (unpaired) electrons. The number of amides is 2. The quantitative estimate of drug-likeness (QED) is 0.821. The fraction of sp³-hybridized carbons (Fsp3) is 0.857. The zero-order chi connectivity index (χ0) is 14.8. The largest absolute Gasteiger partial charge is 0.479 e. The number of hydrogen-bond donors (Lipinski definition) is 2. The zero-order valence-corrected chi connectivity index (χ0v) is 12.3. The number of hydrogen-bond acceptors (Lipinski definition) is 3. The Balaban J connectivity index is 2.12. The second kappa shape index (κ2) is 5.60. The molecule has 2 unspecified atom stereocenters. The van der Waals surface area contributed by atoms with Gasteiger partial charge in [0.15, 0.2) is 0 Å². The molecule has 0 bridgehead atoms. The highest BCUT2D eigenvalue weighted by molar-refractivity contribution is 5.87. The van der Waals surface area contributed by atoms with Crippen LogP contribution < -0.4 is 5.32 Å². The fourth-order valence-electron chi connectivity index (χ4n) is 3.27. The summed E-state index contributed by atoms with van der Waals surface area (Å²) in [6.45, 7) is 5.52. The van der Waals surface area contributed by atoms with Gasteiger partial charge in [0, 0.05) is 13.2 Å². The van der Waals surface area contributed by atoms with Gasteiger partial charge in [-0.25, -0.2) is 9.59 Å². The molecule has 2 aliphatic rings. The lowest BCUT2D eigenvalue weighted by atomic mass is 9.91. The lowest BCUT2D eigenvalue weighted by Crippen LogP contribution is -2.59. The summed E-state index contributed by atoms with van der Waals surface area (Å²) < 4.78 is 5.32. The van der Waals surface area contributed by atoms with Gasteiger partial charge in [-0.1, -0.05) is 13.3 Å². The maximum atomic E-state index is 12.5. The first-order chi connectivity index (χ1) is 9.43. The van der Waals surface area contributed by atoms with E-state index in [4.69, 9.17) is 4.74 Å². The van der Waals surface area contributed by atoms with Gasteiger partial charge in [-0.2, -0.15) is 0 Å². The molecule has 0 aromatic rings. The van der Waals surface area contributed by atoms with E-state index in [1.165, 1.54) is 4.90 Å². The molecular formula is C14H24N2O4. The Labute approximate surface area is 119 Å². The zero-order valence-electron chi connectivity index (χ0n) is 12.3. The van der Waals surface area contributed by atoms with Crippen molar-refractivity contribution in [3.63, 3.8) is 0 Å². The molecule has 2 heterocycles. The Hall–Kier alpha value is -1.30. The van der Waals surface area contributed by atoms with Crippen molar-refractivity contribution < 1.29 is 19.4 Å². The maximum Gasteiger partial charge on any atom is 0.329 e. The topological polar surface area (TPSA) is 78.9 Å². The molecule has 0 aromatic heterocycles. The van der Waals surface area contributed by atoms with Crippen LogP contribution in [-0.2, 0) is 9.53 Å². The highest BCUT2D eigenvalue weighted by atomic mass is 16.5. The van der Waals surface area contributed by atoms with Crippen molar-refractivity contribution in [2.75, 3.05) is 19.8 Å². The van der Waals surface area contributed by atoms with Gasteiger partial charge in [-0.3, -0.25) is 0 Å². The number of likely N-dealkylation sites (tertiary alicyclic amines) is 1. The van der Waals surface area contributed by atoms with Crippen molar-refractivity contribution in [3.8, 4) is 0 Å². The van der Waals surface area contributed by atoms with Crippen molar-refractivity contribution in [2.24, 2.45) is 0 Å². The number of nitrogens with zero attached hydrogens (tertiary/aromatic N) is 1. The third-order valence-corrected chi connectivity index (χ3v) is 4.42. The average molecular weight is 284 g/mol. The number of carbonyl (C=O) groups is 2. The minimum atomic E-state index is -1.03. The summed E-state index contributed by atoms with van der Waals surface area (Å²) >= 11 is 0. The van der Waals surface area contributed by atoms with Crippen molar-refractivity contribution in [3.05, 3.63) is 0 Å². The van der Waals surface area contributed by atoms with Crippen molar-refractivity contribution in [1.29, 1.82) is 0 Å². The highest BCUT2D eigenvalue weighted by Crippen LogP contribution is 2.34. The fourth-order valence-corrected chi connectivity index (χ4v) is 3.27. The van der Waals surface area contributed by atoms with E-state index in [2.05, 4.69) is 5.32 Å². The third-order valence-electron chi connectivity index (χ3n) is 4.42. The number of carboxylic acid groups (broad SMARTS) is 1. The smallest absolute Gasteiger partial charge is 0.329 e. The van der Waals surface area contributed by atoms with E-state index < -0.39 is 11.5 Å². The molecule has 114 valence electrons. The first kappa shape index (κ1) is 15.1. The molecule has 2 saturated heterocycles. The first-order valence-corrected chi connectivity index (χ1v) is 7.34. The number of aliphatic carboxylic acids is 1. The Bertz CT molecular complexity index is 393. The molecule has 2 rings (SSSR count). The van der Waals surface area contributed by atoms with Crippen LogP contribution in [0.25, 0.3) is 0 Å². The van der Waals surface area contributed by atoms with Crippen LogP contribution in [0, 0.1) is 0 Å². The van der Waals surface area contributed by atoms with E-state index >= 15 is 0 Å². The number of rotatable bonds is 4. The lowest BCUT2D eigenvalue weighted by Gasteiger charge is -2.37. The van der Waals surface area contributed by atoms with Crippen LogP contribution in [0.3, 0.4) is 0 Å². The summed E-state index contributed by atoms with van der Waals surface area (Å²) in [5.74, 6) is -0.889. The van der Waals surface area contributed by atoms with Crippen molar-refractivity contribution in [2.45, 2.75) is 57.0 Å². The van der Waals surface area contributed by atoms with Crippen molar-refractivity contribution >= 4 is 12.0 Å². The summed E-state index contributed by atoms with van der Waals surface area (Å²) in [5, 5.41) is 12.6. The summed E-state index contributed by atoms with van der Waals surface area (Å²) in [7, 11) is 0. The molecular weight excluding hydrogens is 260 g/mol. The summed E-state index contributed by atoms with van der Waals surface area (Å²) in [5.41, 5.74) is -1.41. The van der Waals surface area contributed by atoms with Crippen LogP contribution in [0.5, 0.6) is 0 Å². The lowest BCUT2D eigenvalue weighted by molar-refractivity contribution is -0.148. The molecule has 20 heavy (non-hydrogen) atoms. The average Bonchev–Trinajstić information content (AvgIpc) is 2.97. The van der Waals surface area contributed by atoms with Gasteiger partial charge in [-0.15, -0.1) is 0 Å². The number of nitrogens with one attached hydrogen (secondary N) is 1. The van der Waals surface area contributed by atoms with Crippen molar-refractivity contribution in [1.82, 2.24) is 10.2 Å². The molecule has 2 fully saturated rings. The molecule has 0 saturated carbocycles. The van der Waals surface area contributed by atoms with E-state index in [-0.39, 0.29) is 11.6 Å². The van der Waals surface area contributed by atoms with Crippen LogP contribution in [0.15, 0.2) is 0 Å². The molecule has 6 heteroatoms. The summed E-state index contributed by atoms with van der Waals surface area (Å²) in [6.07, 6.45) is 3.30. The second-order valence-corrected chi connectivity index (χ2v) is 6.14. The van der Waals surface area contributed by atoms with E-state index in [9.17, 15) is 14.7 Å². The Morgan fingerprint density at radius 3 is 2.70 bits per heavy atom. The van der Waals surface area contributed by atoms with Crippen LogP contribution in [0.4, 0.5) is 4.79 Å². The molecule has 2 atom stereocenters. The molecule has 2 aliphatic heterocycles. The highest BCUT2D eigenvalue weighted by Gasteiger charge is 2.50. The molecule has 0 aliphatic carbocycles. The van der Waals surface area contributed by atoms with Gasteiger partial charge in [0.2, 0.25) is 0 Å². The summed E-state index contributed by atoms with van der Waals surface area (Å²) in [6, 6.07) is -0.272. The third kappa shape index (κ3) is 2.61. The monoisotopic (exact) mass is 284 g/mol. The van der Waals surface area contributed by atoms with Crippen LogP contribution >= 0.6 is 0 Å². The second-order valence-electron chi connectivity index (χ2n) is 6.14. The SMILES string of the molecule is CCCC1(C(=O)O)CCCN1C(=O)NC1(C)CCOC1. The molecule has 2 N–H and O–H groups in total. The van der Waals surface area contributed by atoms with Gasteiger partial charge in [0.1, 0.15) is 5.54 Å². The minimum absolute atomic E-state index is 0.272. The minimum Gasteiger partial charge on any atom is -0.479 e. The molecule has 6 nitrogen and oxygen atoms in total. The molecule has 0 spiro atoms. The van der Waals surface area contributed by atoms with E-state index in [0.29, 0.717) is 32.6 Å². The Morgan fingerprint density at radius 1 is 1.40 bits per heavy atom. The summed E-state index contributed by atoms with van der Waals surface area (Å²) in [4.78, 5) is 25.7. The number of urea groups is 1. The maximum absolute atomic E-state index is 12.5. The molecule has 2 amide bonds. The van der Waals surface area contributed by atoms with Crippen LogP contribution in [0.2, 0.25) is 0 Å². The van der Waals surface area contributed by atoms with E-state index in [1.54, 1.807) is 0 Å². The van der Waals surface area contributed by atoms with Gasteiger partial charge >= 0.3 is 12.0 Å². The number of ether oxygens (including phenoxy) is 1. The standard InChI is InChI=1S/C14H24N2O4/c1-3-5-14(11(17)18)6-4-8-16(14)12(19)15-13(2)7-9-20-10-13/h3-10H2,1-2H3,(H,15,19)(H,17,18). The van der Waals surface area contributed by atoms with Crippen LogP contribution in [-0.4, -0.2) is 52.8 Å². The van der Waals surface area contributed by atoms with Gasteiger partial charge in [-0.05, 0) is 32.6 Å². The normalized spacial score (nSPS) is 33.4. The van der Waals surface area contributed by atoms with Gasteiger partial charge in [0.25, 0.3) is 0 Å². The van der Waals surface area contributed by atoms with Gasteiger partial charge < -0.3 is 20.1 Å². The Morgan fingerprint density at radius 2 is 2.15 bits per heavy atom. The van der Waals surface area contributed by atoms with E-state index in [0.717, 1.165) is 19.3 Å². The van der Waals surface area contributed by atoms with Gasteiger partial charge in [0.05, 0.1) is 12.1 Å². The number of carboxylic acids is 1. The predicted octanol–water partition coefficient (Wildman–Crippen LogP) is 1.59.